The Kier molecular flexibility index (Phi) is 5.87. The zero-order valence-corrected chi connectivity index (χ0v) is 10.4. The van der Waals surface area contributed by atoms with Crippen molar-refractivity contribution < 1.29 is 22.7 Å². The number of carbonyl (C=O) groups excluding carboxylic acids is 1. The van der Waals surface area contributed by atoms with Crippen molar-refractivity contribution in [2.75, 3.05) is 33.4 Å². The molecule has 1 aliphatic heterocycles. The van der Waals surface area contributed by atoms with Gasteiger partial charge in [0.1, 0.15) is 6.61 Å². The van der Waals surface area contributed by atoms with Crippen molar-refractivity contribution in [3.63, 3.8) is 0 Å². The fraction of sp³-hybridized carbons (Fsp3) is 0.909. The average Bonchev–Trinajstić information content (AvgIpc) is 2.26. The van der Waals surface area contributed by atoms with Crippen LogP contribution < -0.4 is 5.32 Å². The predicted molar refractivity (Wildman–Crippen MR) is 60.2 cm³/mol. The zero-order valence-electron chi connectivity index (χ0n) is 10.4. The number of hydrogen-bond acceptors (Lipinski definition) is 3. The third-order valence-corrected chi connectivity index (χ3v) is 2.79. The third kappa shape index (κ3) is 6.20. The van der Waals surface area contributed by atoms with Gasteiger partial charge in [-0.3, -0.25) is 4.79 Å². The molecule has 0 spiro atoms. The maximum Gasteiger partial charge on any atom is 0.411 e. The molecule has 106 valence electrons. The molecule has 1 N–H and O–H groups in total. The molecule has 0 saturated carbocycles. The van der Waals surface area contributed by atoms with Crippen LogP contribution in [-0.2, 0) is 9.53 Å². The number of carbonyl (C=O) groups is 1. The van der Waals surface area contributed by atoms with Crippen molar-refractivity contribution in [1.82, 2.24) is 10.2 Å². The Morgan fingerprint density at radius 3 is 2.83 bits per heavy atom. The van der Waals surface area contributed by atoms with Gasteiger partial charge in [0.15, 0.2) is 0 Å². The lowest BCUT2D eigenvalue weighted by molar-refractivity contribution is -0.173. The molecule has 0 aromatic rings. The van der Waals surface area contributed by atoms with Gasteiger partial charge in [-0.2, -0.15) is 13.2 Å². The molecule has 1 amide bonds. The van der Waals surface area contributed by atoms with Crippen LogP contribution in [0.15, 0.2) is 0 Å². The first kappa shape index (κ1) is 15.2. The molecule has 1 aliphatic rings. The van der Waals surface area contributed by atoms with Gasteiger partial charge in [0.2, 0.25) is 5.91 Å². The number of nitrogens with one attached hydrogen (secondary N) is 1. The highest BCUT2D eigenvalue weighted by Crippen LogP contribution is 2.14. The molecule has 1 heterocycles. The summed E-state index contributed by atoms with van der Waals surface area (Å²) in [7, 11) is 1.75. The first-order chi connectivity index (χ1) is 8.38. The minimum absolute atomic E-state index is 0.0913. The quantitative estimate of drug-likeness (QED) is 0.735. The van der Waals surface area contributed by atoms with E-state index in [4.69, 9.17) is 0 Å². The van der Waals surface area contributed by atoms with Gasteiger partial charge < -0.3 is 15.0 Å². The highest BCUT2D eigenvalue weighted by molar-refractivity contribution is 5.76. The van der Waals surface area contributed by atoms with Crippen molar-refractivity contribution in [1.29, 1.82) is 0 Å². The number of hydrogen-bond donors (Lipinski definition) is 1. The van der Waals surface area contributed by atoms with Gasteiger partial charge in [0.25, 0.3) is 0 Å². The van der Waals surface area contributed by atoms with E-state index < -0.39 is 12.8 Å². The summed E-state index contributed by atoms with van der Waals surface area (Å²) < 4.78 is 39.8. The molecule has 0 bridgehead atoms. The summed E-state index contributed by atoms with van der Waals surface area (Å²) >= 11 is 0. The van der Waals surface area contributed by atoms with E-state index in [0.29, 0.717) is 25.9 Å². The molecule has 1 fully saturated rings. The molecule has 0 aromatic carbocycles. The van der Waals surface area contributed by atoms with E-state index >= 15 is 0 Å². The second-order valence-electron chi connectivity index (χ2n) is 4.49. The Bertz CT molecular complexity index is 272. The minimum atomic E-state index is -4.25. The fourth-order valence-electron chi connectivity index (χ4n) is 1.85. The molecular weight excluding hydrogens is 249 g/mol. The average molecular weight is 268 g/mol. The summed E-state index contributed by atoms with van der Waals surface area (Å²) in [6.45, 7) is 0.161. The Hall–Kier alpha value is -0.820. The minimum Gasteiger partial charge on any atom is -0.372 e. The van der Waals surface area contributed by atoms with Crippen LogP contribution in [-0.4, -0.2) is 56.4 Å². The number of alkyl halides is 3. The molecule has 1 saturated heterocycles. The van der Waals surface area contributed by atoms with E-state index in [9.17, 15) is 18.0 Å². The van der Waals surface area contributed by atoms with Crippen LogP contribution in [0.3, 0.4) is 0 Å². The summed E-state index contributed by atoms with van der Waals surface area (Å²) in [5, 5.41) is 3.22. The highest BCUT2D eigenvalue weighted by Gasteiger charge is 2.27. The normalized spacial score (nSPS) is 21.4. The molecule has 18 heavy (non-hydrogen) atoms. The van der Waals surface area contributed by atoms with Crippen LogP contribution in [0.1, 0.15) is 19.3 Å². The van der Waals surface area contributed by atoms with E-state index in [1.54, 1.807) is 11.9 Å². The highest BCUT2D eigenvalue weighted by atomic mass is 19.4. The molecule has 1 atom stereocenters. The van der Waals surface area contributed by atoms with Gasteiger partial charge in [-0.25, -0.2) is 0 Å². The molecule has 0 radical (unpaired) electrons. The van der Waals surface area contributed by atoms with E-state index in [1.165, 1.54) is 0 Å². The number of halogens is 3. The number of nitrogens with zero attached hydrogens (tertiary/aromatic N) is 1. The molecule has 0 aromatic heterocycles. The van der Waals surface area contributed by atoms with Crippen LogP contribution in [0.4, 0.5) is 13.2 Å². The summed E-state index contributed by atoms with van der Waals surface area (Å²) in [6.07, 6.45) is -2.41. The second-order valence-corrected chi connectivity index (χ2v) is 4.49. The molecule has 1 rings (SSSR count). The fourth-order valence-corrected chi connectivity index (χ4v) is 1.85. The first-order valence-corrected chi connectivity index (χ1v) is 6.00. The lowest BCUT2D eigenvalue weighted by Gasteiger charge is -2.30. The van der Waals surface area contributed by atoms with Crippen molar-refractivity contribution in [3.8, 4) is 0 Å². The lowest BCUT2D eigenvalue weighted by Crippen LogP contribution is -2.46. The Labute approximate surface area is 104 Å². The lowest BCUT2D eigenvalue weighted by atomic mass is 10.1. The maximum absolute atomic E-state index is 11.8. The standard InChI is InChI=1S/C11H19F3N2O2/c1-16-7-9(3-4-10(16)17)15-5-2-6-18-8-11(12,13)14/h9,15H,2-8H2,1H3. The van der Waals surface area contributed by atoms with Gasteiger partial charge in [0, 0.05) is 32.7 Å². The number of likely N-dealkylation sites (tertiary alicyclic amines) is 1. The number of amides is 1. The van der Waals surface area contributed by atoms with Crippen LogP contribution in [0.5, 0.6) is 0 Å². The number of ether oxygens (including phenoxy) is 1. The van der Waals surface area contributed by atoms with Gasteiger partial charge in [-0.15, -0.1) is 0 Å². The molecule has 4 nitrogen and oxygen atoms in total. The van der Waals surface area contributed by atoms with Gasteiger partial charge in [0.05, 0.1) is 0 Å². The summed E-state index contributed by atoms with van der Waals surface area (Å²) in [5.41, 5.74) is 0. The summed E-state index contributed by atoms with van der Waals surface area (Å²) in [6, 6.07) is 0.232. The van der Waals surface area contributed by atoms with E-state index in [-0.39, 0.29) is 18.6 Å². The number of rotatable bonds is 6. The van der Waals surface area contributed by atoms with E-state index in [0.717, 1.165) is 6.42 Å². The topological polar surface area (TPSA) is 41.6 Å². The number of likely N-dealkylation sites (N-methyl/N-ethyl adjacent to an activating group) is 1. The van der Waals surface area contributed by atoms with Crippen LogP contribution in [0.2, 0.25) is 0 Å². The third-order valence-electron chi connectivity index (χ3n) is 2.79. The summed E-state index contributed by atoms with van der Waals surface area (Å²) in [5.74, 6) is 0.140. The van der Waals surface area contributed by atoms with Crippen molar-refractivity contribution in [3.05, 3.63) is 0 Å². The Morgan fingerprint density at radius 1 is 1.50 bits per heavy atom. The van der Waals surface area contributed by atoms with Crippen LogP contribution in [0.25, 0.3) is 0 Å². The largest absolute Gasteiger partial charge is 0.411 e. The van der Waals surface area contributed by atoms with Gasteiger partial charge in [-0.05, 0) is 19.4 Å². The molecular formula is C11H19F3N2O2. The van der Waals surface area contributed by atoms with Crippen LogP contribution >= 0.6 is 0 Å². The first-order valence-electron chi connectivity index (χ1n) is 6.00. The Morgan fingerprint density at radius 2 is 2.22 bits per heavy atom. The molecule has 1 unspecified atom stereocenters. The van der Waals surface area contributed by atoms with Crippen molar-refractivity contribution in [2.45, 2.75) is 31.5 Å². The molecule has 7 heteroatoms. The van der Waals surface area contributed by atoms with Crippen molar-refractivity contribution >= 4 is 5.91 Å². The van der Waals surface area contributed by atoms with E-state index in [1.807, 2.05) is 0 Å². The monoisotopic (exact) mass is 268 g/mol. The smallest absolute Gasteiger partial charge is 0.372 e. The SMILES string of the molecule is CN1CC(NCCCOCC(F)(F)F)CCC1=O. The number of piperidine rings is 1. The van der Waals surface area contributed by atoms with E-state index in [2.05, 4.69) is 10.1 Å². The Balaban J connectivity index is 2.00. The predicted octanol–water partition coefficient (Wildman–Crippen LogP) is 1.17. The second kappa shape index (κ2) is 6.94. The maximum atomic E-state index is 11.8. The van der Waals surface area contributed by atoms with Crippen LogP contribution in [0, 0.1) is 0 Å². The zero-order chi connectivity index (χ0) is 13.6. The van der Waals surface area contributed by atoms with Crippen molar-refractivity contribution in [2.24, 2.45) is 0 Å². The summed E-state index contributed by atoms with van der Waals surface area (Å²) in [4.78, 5) is 12.9. The van der Waals surface area contributed by atoms with Gasteiger partial charge >= 0.3 is 6.18 Å². The molecule has 0 aliphatic carbocycles. The van der Waals surface area contributed by atoms with Gasteiger partial charge in [-0.1, -0.05) is 0 Å².